The van der Waals surface area contributed by atoms with Crippen LogP contribution in [0.25, 0.3) is 6.08 Å². The molecule has 2 amide bonds. The summed E-state index contributed by atoms with van der Waals surface area (Å²) in [5.41, 5.74) is 3.76. The molecule has 3 aromatic carbocycles. The number of hydrazone groups is 1. The molecule has 3 N–H and O–H groups in total. The van der Waals surface area contributed by atoms with E-state index in [1.165, 1.54) is 18.4 Å². The number of phenolic OH excluding ortho intramolecular Hbond substituents is 1. The first-order valence-corrected chi connectivity index (χ1v) is 10.6. The molecule has 0 atom stereocenters. The van der Waals surface area contributed by atoms with Crippen molar-refractivity contribution < 1.29 is 24.2 Å². The summed E-state index contributed by atoms with van der Waals surface area (Å²) in [5, 5.41) is 16.4. The van der Waals surface area contributed by atoms with Gasteiger partial charge < -0.3 is 19.9 Å². The van der Waals surface area contributed by atoms with Gasteiger partial charge in [-0.15, -0.1) is 0 Å². The van der Waals surface area contributed by atoms with Crippen LogP contribution in [0.15, 0.2) is 82.0 Å². The van der Waals surface area contributed by atoms with Crippen molar-refractivity contribution in [3.05, 3.63) is 93.6 Å². The summed E-state index contributed by atoms with van der Waals surface area (Å²) in [7, 11) is 0. The highest BCUT2D eigenvalue weighted by Crippen LogP contribution is 2.33. The molecule has 1 aliphatic rings. The van der Waals surface area contributed by atoms with E-state index in [2.05, 4.69) is 31.8 Å². The molecule has 0 unspecified atom stereocenters. The number of nitrogens with one attached hydrogen (secondary N) is 2. The minimum absolute atomic E-state index is 0.00436. The van der Waals surface area contributed by atoms with Crippen LogP contribution in [-0.2, 0) is 4.79 Å². The molecule has 0 spiro atoms. The highest BCUT2D eigenvalue weighted by molar-refractivity contribution is 9.10. The number of phenols is 1. The van der Waals surface area contributed by atoms with Crippen LogP contribution in [0.1, 0.15) is 21.5 Å². The van der Waals surface area contributed by atoms with Crippen molar-refractivity contribution in [2.24, 2.45) is 5.10 Å². The molecule has 0 saturated carbocycles. The Kier molecular flexibility index (Phi) is 6.70. The summed E-state index contributed by atoms with van der Waals surface area (Å²) in [4.78, 5) is 25.5. The van der Waals surface area contributed by atoms with E-state index in [1.54, 1.807) is 60.7 Å². The fourth-order valence-electron chi connectivity index (χ4n) is 2.96. The average molecular weight is 508 g/mol. The highest BCUT2D eigenvalue weighted by Gasteiger charge is 2.17. The van der Waals surface area contributed by atoms with Gasteiger partial charge in [0.05, 0.1) is 6.21 Å². The van der Waals surface area contributed by atoms with Crippen molar-refractivity contribution in [3.63, 3.8) is 0 Å². The molecule has 1 heterocycles. The van der Waals surface area contributed by atoms with E-state index in [4.69, 9.17) is 9.47 Å². The Morgan fingerprint density at radius 1 is 1.00 bits per heavy atom. The van der Waals surface area contributed by atoms with Gasteiger partial charge in [0.1, 0.15) is 11.4 Å². The van der Waals surface area contributed by atoms with Gasteiger partial charge in [-0.05, 0) is 54.1 Å². The Morgan fingerprint density at radius 3 is 2.61 bits per heavy atom. The van der Waals surface area contributed by atoms with Crippen molar-refractivity contribution in [2.45, 2.75) is 0 Å². The maximum Gasteiger partial charge on any atom is 0.287 e. The third-order valence-corrected chi connectivity index (χ3v) is 5.09. The van der Waals surface area contributed by atoms with E-state index < -0.39 is 11.8 Å². The van der Waals surface area contributed by atoms with Crippen LogP contribution < -0.4 is 20.2 Å². The monoisotopic (exact) mass is 507 g/mol. The van der Waals surface area contributed by atoms with E-state index in [9.17, 15) is 14.7 Å². The van der Waals surface area contributed by atoms with Crippen LogP contribution >= 0.6 is 15.9 Å². The summed E-state index contributed by atoms with van der Waals surface area (Å²) >= 11 is 3.31. The van der Waals surface area contributed by atoms with Crippen LogP contribution in [0.2, 0.25) is 0 Å². The van der Waals surface area contributed by atoms with E-state index in [0.717, 1.165) is 4.47 Å². The lowest BCUT2D eigenvalue weighted by Gasteiger charge is -2.09. The van der Waals surface area contributed by atoms with Gasteiger partial charge in [0.2, 0.25) is 6.79 Å². The predicted octanol–water partition coefficient (Wildman–Crippen LogP) is 3.80. The molecule has 0 fully saturated rings. The van der Waals surface area contributed by atoms with Crippen molar-refractivity contribution in [2.75, 3.05) is 6.79 Å². The Morgan fingerprint density at radius 2 is 1.79 bits per heavy atom. The first-order chi connectivity index (χ1) is 16.0. The molecular weight excluding hydrogens is 490 g/mol. The Labute approximate surface area is 197 Å². The number of carbonyl (C=O) groups is 2. The zero-order valence-corrected chi connectivity index (χ0v) is 18.7. The fraction of sp³-hybridized carbons (Fsp3) is 0.0417. The number of hydrogen-bond donors (Lipinski definition) is 3. The van der Waals surface area contributed by atoms with E-state index >= 15 is 0 Å². The lowest BCUT2D eigenvalue weighted by Crippen LogP contribution is -2.32. The van der Waals surface area contributed by atoms with Crippen molar-refractivity contribution in [3.8, 4) is 17.2 Å². The molecule has 0 aromatic heterocycles. The second-order valence-electron chi connectivity index (χ2n) is 6.89. The van der Waals surface area contributed by atoms with Crippen LogP contribution in [-0.4, -0.2) is 29.9 Å². The number of fused-ring (bicyclic) bond motifs is 1. The van der Waals surface area contributed by atoms with Crippen LogP contribution in [0.3, 0.4) is 0 Å². The number of nitrogens with zero attached hydrogens (tertiary/aromatic N) is 1. The van der Waals surface area contributed by atoms with E-state index in [1.807, 2.05) is 0 Å². The maximum atomic E-state index is 12.9. The molecule has 3 aromatic rings. The molecule has 33 heavy (non-hydrogen) atoms. The molecule has 0 bridgehead atoms. The SMILES string of the molecule is O=C(N/N=C\c1cc(Br)ccc1O)/C(=C\c1ccc2c(c1)OCO2)NC(=O)c1ccccc1. The molecule has 8 nitrogen and oxygen atoms in total. The van der Waals surface area contributed by atoms with E-state index in [-0.39, 0.29) is 18.2 Å². The van der Waals surface area contributed by atoms with Gasteiger partial charge >= 0.3 is 0 Å². The Bertz CT molecular complexity index is 1260. The van der Waals surface area contributed by atoms with Crippen molar-refractivity contribution in [1.82, 2.24) is 10.7 Å². The molecule has 9 heteroatoms. The van der Waals surface area contributed by atoms with Gasteiger partial charge in [0.15, 0.2) is 11.5 Å². The normalized spacial score (nSPS) is 12.6. The quantitative estimate of drug-likeness (QED) is 0.267. The number of rotatable bonds is 6. The number of ether oxygens (including phenoxy) is 2. The average Bonchev–Trinajstić information content (AvgIpc) is 3.29. The highest BCUT2D eigenvalue weighted by atomic mass is 79.9. The molecule has 0 saturated heterocycles. The summed E-state index contributed by atoms with van der Waals surface area (Å²) in [6, 6.07) is 18.5. The topological polar surface area (TPSA) is 109 Å². The Hall–Kier alpha value is -4.11. The predicted molar refractivity (Wildman–Crippen MR) is 126 cm³/mol. The third-order valence-electron chi connectivity index (χ3n) is 4.60. The summed E-state index contributed by atoms with van der Waals surface area (Å²) < 4.78 is 11.4. The van der Waals surface area contributed by atoms with E-state index in [0.29, 0.717) is 28.2 Å². The lowest BCUT2D eigenvalue weighted by atomic mass is 10.1. The first kappa shape index (κ1) is 22.1. The van der Waals surface area contributed by atoms with Gasteiger partial charge in [-0.2, -0.15) is 5.10 Å². The second-order valence-corrected chi connectivity index (χ2v) is 7.81. The summed E-state index contributed by atoms with van der Waals surface area (Å²) in [6.07, 6.45) is 2.80. The number of aromatic hydroxyl groups is 1. The van der Waals surface area contributed by atoms with Crippen molar-refractivity contribution in [1.29, 1.82) is 0 Å². The number of amides is 2. The zero-order chi connectivity index (χ0) is 23.2. The minimum atomic E-state index is -0.650. The number of benzene rings is 3. The molecular formula is C24H18BrN3O5. The molecule has 4 rings (SSSR count). The van der Waals surface area contributed by atoms with Crippen LogP contribution in [0, 0.1) is 0 Å². The standard InChI is InChI=1S/C24H18BrN3O5/c25-18-7-8-20(29)17(12-18)13-26-28-24(31)19(27-23(30)16-4-2-1-3-5-16)10-15-6-9-21-22(11-15)33-14-32-21/h1-13,29H,14H2,(H,27,30)(H,28,31)/b19-10+,26-13-. The molecule has 0 radical (unpaired) electrons. The Balaban J connectivity index is 1.57. The summed E-state index contributed by atoms with van der Waals surface area (Å²) in [6.45, 7) is 0.123. The van der Waals surface area contributed by atoms with Crippen LogP contribution in [0.5, 0.6) is 17.2 Å². The minimum Gasteiger partial charge on any atom is -0.507 e. The van der Waals surface area contributed by atoms with Gasteiger partial charge in [-0.25, -0.2) is 5.43 Å². The summed E-state index contributed by atoms with van der Waals surface area (Å²) in [5.74, 6) is 0.0460. The largest absolute Gasteiger partial charge is 0.507 e. The smallest absolute Gasteiger partial charge is 0.287 e. The molecule has 166 valence electrons. The maximum absolute atomic E-state index is 12.9. The zero-order valence-electron chi connectivity index (χ0n) is 17.1. The van der Waals surface area contributed by atoms with Gasteiger partial charge in [0, 0.05) is 15.6 Å². The lowest BCUT2D eigenvalue weighted by molar-refractivity contribution is -0.117. The van der Waals surface area contributed by atoms with Gasteiger partial charge in [-0.1, -0.05) is 40.2 Å². The molecule has 1 aliphatic heterocycles. The first-order valence-electron chi connectivity index (χ1n) is 9.79. The third kappa shape index (κ3) is 5.58. The second kappa shape index (κ2) is 10.0. The van der Waals surface area contributed by atoms with Gasteiger partial charge in [0.25, 0.3) is 11.8 Å². The van der Waals surface area contributed by atoms with Gasteiger partial charge in [-0.3, -0.25) is 9.59 Å². The fourth-order valence-corrected chi connectivity index (χ4v) is 3.34. The van der Waals surface area contributed by atoms with Crippen molar-refractivity contribution >= 4 is 40.0 Å². The number of carbonyl (C=O) groups excluding carboxylic acids is 2. The molecule has 0 aliphatic carbocycles. The number of hydrogen-bond acceptors (Lipinski definition) is 6. The van der Waals surface area contributed by atoms with Crippen LogP contribution in [0.4, 0.5) is 0 Å². The number of halogens is 1.